The Bertz CT molecular complexity index is 268. The summed E-state index contributed by atoms with van der Waals surface area (Å²) in [4.78, 5) is 24.0. The summed E-state index contributed by atoms with van der Waals surface area (Å²) < 4.78 is 0. The minimum absolute atomic E-state index is 0.0732. The second-order valence-corrected chi connectivity index (χ2v) is 4.68. The number of hydrogen-bond donors (Lipinski definition) is 2. The molecular weight excluding hydrogens is 220 g/mol. The van der Waals surface area contributed by atoms with E-state index in [2.05, 4.69) is 10.2 Å². The van der Waals surface area contributed by atoms with Gasteiger partial charge in [-0.25, -0.2) is 0 Å². The molecule has 2 N–H and O–H groups in total. The van der Waals surface area contributed by atoms with Gasteiger partial charge in [0, 0.05) is 26.4 Å². The molecule has 0 aromatic heterocycles. The van der Waals surface area contributed by atoms with E-state index in [0.717, 1.165) is 38.9 Å². The predicted molar refractivity (Wildman–Crippen MR) is 64.7 cm³/mol. The lowest BCUT2D eigenvalue weighted by Gasteiger charge is -2.31. The minimum atomic E-state index is -0.706. The van der Waals surface area contributed by atoms with Gasteiger partial charge in [-0.05, 0) is 38.3 Å². The molecule has 1 amide bonds. The zero-order chi connectivity index (χ0) is 12.7. The van der Waals surface area contributed by atoms with Crippen LogP contribution in [0.1, 0.15) is 32.1 Å². The van der Waals surface area contributed by atoms with Crippen molar-refractivity contribution in [2.45, 2.75) is 32.1 Å². The summed E-state index contributed by atoms with van der Waals surface area (Å²) in [7, 11) is 1.64. The average Bonchev–Trinajstić information content (AvgIpc) is 2.28. The van der Waals surface area contributed by atoms with Crippen molar-refractivity contribution < 1.29 is 14.7 Å². The van der Waals surface area contributed by atoms with Crippen molar-refractivity contribution in [1.29, 1.82) is 0 Å². The van der Waals surface area contributed by atoms with Crippen LogP contribution in [0.4, 0.5) is 0 Å². The molecule has 0 spiro atoms. The Kier molecular flexibility index (Phi) is 5.97. The van der Waals surface area contributed by atoms with E-state index in [9.17, 15) is 9.59 Å². The van der Waals surface area contributed by atoms with Gasteiger partial charge in [0.2, 0.25) is 5.91 Å². The molecule has 0 bridgehead atoms. The van der Waals surface area contributed by atoms with Gasteiger partial charge in [-0.15, -0.1) is 0 Å². The summed E-state index contributed by atoms with van der Waals surface area (Å²) in [5.74, 6) is -0.354. The molecule has 0 radical (unpaired) electrons. The number of carboxylic acids is 1. The lowest BCUT2D eigenvalue weighted by Crippen LogP contribution is -2.37. The second-order valence-electron chi connectivity index (χ2n) is 4.68. The third kappa shape index (κ3) is 5.68. The number of nitrogens with zero attached hydrogens (tertiary/aromatic N) is 1. The third-order valence-corrected chi connectivity index (χ3v) is 3.22. The largest absolute Gasteiger partial charge is 0.481 e. The zero-order valence-corrected chi connectivity index (χ0v) is 10.4. The van der Waals surface area contributed by atoms with E-state index in [0.29, 0.717) is 6.42 Å². The number of nitrogens with one attached hydrogen (secondary N) is 1. The Morgan fingerprint density at radius 3 is 2.88 bits per heavy atom. The molecule has 17 heavy (non-hydrogen) atoms. The van der Waals surface area contributed by atoms with Gasteiger partial charge in [-0.1, -0.05) is 0 Å². The zero-order valence-electron chi connectivity index (χ0n) is 10.4. The molecule has 1 aliphatic heterocycles. The average molecular weight is 242 g/mol. The van der Waals surface area contributed by atoms with Gasteiger partial charge in [0.1, 0.15) is 0 Å². The Labute approximate surface area is 102 Å². The van der Waals surface area contributed by atoms with E-state index in [1.165, 1.54) is 0 Å². The number of piperidine rings is 1. The quantitative estimate of drug-likeness (QED) is 0.719. The van der Waals surface area contributed by atoms with Crippen molar-refractivity contribution in [2.24, 2.45) is 5.92 Å². The Morgan fingerprint density at radius 1 is 1.47 bits per heavy atom. The van der Waals surface area contributed by atoms with E-state index in [4.69, 9.17) is 5.11 Å². The van der Waals surface area contributed by atoms with Crippen LogP contribution in [-0.2, 0) is 9.59 Å². The second kappa shape index (κ2) is 7.27. The Morgan fingerprint density at radius 2 is 2.24 bits per heavy atom. The highest BCUT2D eigenvalue weighted by atomic mass is 16.4. The van der Waals surface area contributed by atoms with Gasteiger partial charge in [-0.3, -0.25) is 9.59 Å². The van der Waals surface area contributed by atoms with Crippen molar-refractivity contribution in [1.82, 2.24) is 10.2 Å². The molecule has 1 saturated heterocycles. The molecule has 1 aliphatic rings. The Balaban J connectivity index is 2.20. The molecule has 0 saturated carbocycles. The van der Waals surface area contributed by atoms with Gasteiger partial charge >= 0.3 is 5.97 Å². The number of aliphatic carboxylic acids is 1. The number of amides is 1. The van der Waals surface area contributed by atoms with Crippen LogP contribution in [0, 0.1) is 5.92 Å². The first kappa shape index (κ1) is 14.0. The van der Waals surface area contributed by atoms with E-state index in [-0.39, 0.29) is 18.2 Å². The minimum Gasteiger partial charge on any atom is -0.481 e. The summed E-state index contributed by atoms with van der Waals surface area (Å²) in [5.41, 5.74) is 0. The standard InChI is InChI=1S/C12H22N2O3/c1-13-11(15)5-3-7-14-6-2-4-10(9-14)8-12(16)17/h10H,2-9H2,1H3,(H,13,15)(H,16,17). The van der Waals surface area contributed by atoms with Crippen molar-refractivity contribution in [3.8, 4) is 0 Å². The highest BCUT2D eigenvalue weighted by molar-refractivity contribution is 5.75. The molecule has 0 aliphatic carbocycles. The first-order chi connectivity index (χ1) is 8.11. The lowest BCUT2D eigenvalue weighted by atomic mass is 9.95. The maximum absolute atomic E-state index is 11.1. The highest BCUT2D eigenvalue weighted by Gasteiger charge is 2.21. The van der Waals surface area contributed by atoms with Gasteiger partial charge in [-0.2, -0.15) is 0 Å². The maximum Gasteiger partial charge on any atom is 0.303 e. The van der Waals surface area contributed by atoms with E-state index in [1.54, 1.807) is 7.05 Å². The third-order valence-electron chi connectivity index (χ3n) is 3.22. The normalized spacial score (nSPS) is 21.1. The fraction of sp³-hybridized carbons (Fsp3) is 0.833. The van der Waals surface area contributed by atoms with Gasteiger partial charge in [0.15, 0.2) is 0 Å². The molecule has 1 unspecified atom stereocenters. The van der Waals surface area contributed by atoms with Crippen molar-refractivity contribution in [2.75, 3.05) is 26.7 Å². The number of hydrogen-bond acceptors (Lipinski definition) is 3. The molecule has 0 aromatic rings. The fourth-order valence-electron chi connectivity index (χ4n) is 2.36. The molecule has 1 rings (SSSR count). The van der Waals surface area contributed by atoms with Crippen LogP contribution in [0.5, 0.6) is 0 Å². The molecule has 1 heterocycles. The number of rotatable bonds is 6. The lowest BCUT2D eigenvalue weighted by molar-refractivity contribution is -0.138. The summed E-state index contributed by atoms with van der Waals surface area (Å²) in [6.07, 6.45) is 3.75. The molecule has 5 heteroatoms. The van der Waals surface area contributed by atoms with E-state index >= 15 is 0 Å². The van der Waals surface area contributed by atoms with Crippen LogP contribution in [0.3, 0.4) is 0 Å². The molecule has 5 nitrogen and oxygen atoms in total. The molecule has 98 valence electrons. The van der Waals surface area contributed by atoms with E-state index < -0.39 is 5.97 Å². The first-order valence-corrected chi connectivity index (χ1v) is 6.26. The molecular formula is C12H22N2O3. The van der Waals surface area contributed by atoms with Gasteiger partial charge < -0.3 is 15.3 Å². The summed E-state index contributed by atoms with van der Waals surface area (Å²) in [6, 6.07) is 0. The smallest absolute Gasteiger partial charge is 0.303 e. The van der Waals surface area contributed by atoms with Crippen LogP contribution < -0.4 is 5.32 Å². The monoisotopic (exact) mass is 242 g/mol. The number of carboxylic acid groups (broad SMARTS) is 1. The van der Waals surface area contributed by atoms with Crippen LogP contribution >= 0.6 is 0 Å². The van der Waals surface area contributed by atoms with Crippen molar-refractivity contribution in [3.05, 3.63) is 0 Å². The van der Waals surface area contributed by atoms with E-state index in [1.807, 2.05) is 0 Å². The summed E-state index contributed by atoms with van der Waals surface area (Å²) in [6.45, 7) is 2.79. The van der Waals surface area contributed by atoms with Gasteiger partial charge in [0.25, 0.3) is 0 Å². The fourth-order valence-corrected chi connectivity index (χ4v) is 2.36. The maximum atomic E-state index is 11.1. The van der Waals surface area contributed by atoms with Crippen LogP contribution in [0.25, 0.3) is 0 Å². The Hall–Kier alpha value is -1.10. The van der Waals surface area contributed by atoms with Gasteiger partial charge in [0.05, 0.1) is 0 Å². The van der Waals surface area contributed by atoms with Crippen LogP contribution in [-0.4, -0.2) is 48.6 Å². The van der Waals surface area contributed by atoms with Crippen molar-refractivity contribution in [3.63, 3.8) is 0 Å². The van der Waals surface area contributed by atoms with Crippen molar-refractivity contribution >= 4 is 11.9 Å². The SMILES string of the molecule is CNC(=O)CCCN1CCCC(CC(=O)O)C1. The molecule has 1 fully saturated rings. The molecule has 1 atom stereocenters. The first-order valence-electron chi connectivity index (χ1n) is 6.26. The number of carbonyl (C=O) groups is 2. The summed E-state index contributed by atoms with van der Waals surface area (Å²) >= 11 is 0. The summed E-state index contributed by atoms with van der Waals surface area (Å²) in [5, 5.41) is 11.4. The van der Waals surface area contributed by atoms with Crippen LogP contribution in [0.2, 0.25) is 0 Å². The number of carbonyl (C=O) groups excluding carboxylic acids is 1. The van der Waals surface area contributed by atoms with Crippen LogP contribution in [0.15, 0.2) is 0 Å². The number of likely N-dealkylation sites (tertiary alicyclic amines) is 1. The predicted octanol–water partition coefficient (Wildman–Crippen LogP) is 0.699. The highest BCUT2D eigenvalue weighted by Crippen LogP contribution is 2.19. The molecule has 0 aromatic carbocycles. The topological polar surface area (TPSA) is 69.6 Å².